The van der Waals surface area contributed by atoms with E-state index in [-0.39, 0.29) is 5.54 Å². The molecule has 1 N–H and O–H groups in total. The van der Waals surface area contributed by atoms with Gasteiger partial charge in [0.15, 0.2) is 0 Å². The molecule has 104 valence electrons. The van der Waals surface area contributed by atoms with Crippen LogP contribution in [-0.2, 0) is 0 Å². The summed E-state index contributed by atoms with van der Waals surface area (Å²) >= 11 is 0. The molecular formula is C15H34N2. The molecular weight excluding hydrogens is 208 g/mol. The van der Waals surface area contributed by atoms with Gasteiger partial charge in [-0.25, -0.2) is 0 Å². The van der Waals surface area contributed by atoms with Crippen molar-refractivity contribution >= 4 is 0 Å². The molecule has 0 heterocycles. The Bertz CT molecular complexity index is 192. The summed E-state index contributed by atoms with van der Waals surface area (Å²) in [6.45, 7) is 20.5. The summed E-state index contributed by atoms with van der Waals surface area (Å²) in [4.78, 5) is 2.62. The molecule has 0 rings (SSSR count). The number of hydrogen-bond acceptors (Lipinski definition) is 2. The lowest BCUT2D eigenvalue weighted by molar-refractivity contribution is 0.136. The van der Waals surface area contributed by atoms with E-state index >= 15 is 0 Å². The van der Waals surface area contributed by atoms with Gasteiger partial charge in [0.1, 0.15) is 0 Å². The second kappa shape index (κ2) is 7.38. The Morgan fingerprint density at radius 1 is 1.00 bits per heavy atom. The van der Waals surface area contributed by atoms with Crippen molar-refractivity contribution in [2.45, 2.75) is 79.4 Å². The number of rotatable bonds is 7. The van der Waals surface area contributed by atoms with Crippen LogP contribution in [-0.4, -0.2) is 35.6 Å². The third-order valence-electron chi connectivity index (χ3n) is 3.02. The largest absolute Gasteiger partial charge is 0.312 e. The van der Waals surface area contributed by atoms with Gasteiger partial charge in [-0.15, -0.1) is 0 Å². The van der Waals surface area contributed by atoms with Crippen LogP contribution in [0.2, 0.25) is 0 Å². The van der Waals surface area contributed by atoms with Gasteiger partial charge in [0.05, 0.1) is 0 Å². The number of hydrogen-bond donors (Lipinski definition) is 1. The molecule has 17 heavy (non-hydrogen) atoms. The van der Waals surface area contributed by atoms with Gasteiger partial charge < -0.3 is 5.32 Å². The van der Waals surface area contributed by atoms with Crippen molar-refractivity contribution in [3.05, 3.63) is 0 Å². The molecule has 0 fully saturated rings. The van der Waals surface area contributed by atoms with Gasteiger partial charge in [0, 0.05) is 24.2 Å². The summed E-state index contributed by atoms with van der Waals surface area (Å²) in [5.41, 5.74) is 0.237. The van der Waals surface area contributed by atoms with Crippen molar-refractivity contribution in [1.82, 2.24) is 10.2 Å². The van der Waals surface area contributed by atoms with Crippen molar-refractivity contribution in [1.29, 1.82) is 0 Å². The second-order valence-electron chi connectivity index (χ2n) is 7.00. The SMILES string of the molecule is CC(C)CN(C(C)C)C(C)CCNC(C)(C)C. The average molecular weight is 242 g/mol. The molecule has 0 aliphatic carbocycles. The Labute approximate surface area is 109 Å². The minimum atomic E-state index is 0.237. The lowest BCUT2D eigenvalue weighted by atomic mass is 10.1. The van der Waals surface area contributed by atoms with Gasteiger partial charge in [-0.05, 0) is 60.4 Å². The molecule has 2 heteroatoms. The van der Waals surface area contributed by atoms with E-state index in [1.807, 2.05) is 0 Å². The molecule has 0 radical (unpaired) electrons. The molecule has 1 unspecified atom stereocenters. The van der Waals surface area contributed by atoms with Crippen LogP contribution in [0, 0.1) is 5.92 Å². The minimum absolute atomic E-state index is 0.237. The molecule has 0 aromatic heterocycles. The molecule has 0 aromatic rings. The summed E-state index contributed by atoms with van der Waals surface area (Å²) in [6, 6.07) is 1.30. The molecule has 0 spiro atoms. The van der Waals surface area contributed by atoms with E-state index in [0.717, 1.165) is 12.5 Å². The maximum Gasteiger partial charge on any atom is 0.00965 e. The summed E-state index contributed by atoms with van der Waals surface area (Å²) in [5.74, 6) is 0.746. The van der Waals surface area contributed by atoms with Crippen LogP contribution in [0.25, 0.3) is 0 Å². The van der Waals surface area contributed by atoms with Gasteiger partial charge >= 0.3 is 0 Å². The Balaban J connectivity index is 4.10. The van der Waals surface area contributed by atoms with E-state index in [2.05, 4.69) is 65.6 Å². The highest BCUT2D eigenvalue weighted by Crippen LogP contribution is 2.12. The summed E-state index contributed by atoms with van der Waals surface area (Å²) in [5, 5.41) is 3.57. The fourth-order valence-corrected chi connectivity index (χ4v) is 2.14. The van der Waals surface area contributed by atoms with Gasteiger partial charge in [0.25, 0.3) is 0 Å². The molecule has 0 saturated heterocycles. The maximum absolute atomic E-state index is 3.57. The molecule has 0 saturated carbocycles. The van der Waals surface area contributed by atoms with Crippen molar-refractivity contribution < 1.29 is 0 Å². The fourth-order valence-electron chi connectivity index (χ4n) is 2.14. The molecule has 0 aromatic carbocycles. The van der Waals surface area contributed by atoms with Crippen molar-refractivity contribution in [2.24, 2.45) is 5.92 Å². The number of nitrogens with one attached hydrogen (secondary N) is 1. The smallest absolute Gasteiger partial charge is 0.00965 e. The molecule has 2 nitrogen and oxygen atoms in total. The predicted molar refractivity (Wildman–Crippen MR) is 78.5 cm³/mol. The normalized spacial score (nSPS) is 15.0. The Morgan fingerprint density at radius 3 is 1.88 bits per heavy atom. The van der Waals surface area contributed by atoms with Crippen LogP contribution >= 0.6 is 0 Å². The monoisotopic (exact) mass is 242 g/mol. The standard InChI is InChI=1S/C15H34N2/c1-12(2)11-17(13(3)4)14(5)9-10-16-15(6,7)8/h12-14,16H,9-11H2,1-8H3. The van der Waals surface area contributed by atoms with Gasteiger partial charge in [0.2, 0.25) is 0 Å². The van der Waals surface area contributed by atoms with E-state index in [9.17, 15) is 0 Å². The van der Waals surface area contributed by atoms with E-state index < -0.39 is 0 Å². The van der Waals surface area contributed by atoms with E-state index in [0.29, 0.717) is 12.1 Å². The Hall–Kier alpha value is -0.0800. The van der Waals surface area contributed by atoms with Gasteiger partial charge in [-0.2, -0.15) is 0 Å². The summed E-state index contributed by atoms with van der Waals surface area (Å²) in [7, 11) is 0. The van der Waals surface area contributed by atoms with Crippen LogP contribution < -0.4 is 5.32 Å². The number of nitrogens with zero attached hydrogens (tertiary/aromatic N) is 1. The quantitative estimate of drug-likeness (QED) is 0.735. The van der Waals surface area contributed by atoms with E-state index in [1.165, 1.54) is 13.0 Å². The average Bonchev–Trinajstić information content (AvgIpc) is 2.11. The second-order valence-corrected chi connectivity index (χ2v) is 7.00. The van der Waals surface area contributed by atoms with Crippen molar-refractivity contribution in [3.63, 3.8) is 0 Å². The zero-order chi connectivity index (χ0) is 13.6. The zero-order valence-electron chi connectivity index (χ0n) is 13.3. The zero-order valence-corrected chi connectivity index (χ0v) is 13.3. The lowest BCUT2D eigenvalue weighted by Gasteiger charge is -2.35. The fraction of sp³-hybridized carbons (Fsp3) is 1.00. The highest BCUT2D eigenvalue weighted by atomic mass is 15.2. The highest BCUT2D eigenvalue weighted by Gasteiger charge is 2.18. The van der Waals surface area contributed by atoms with Crippen LogP contribution in [0.4, 0.5) is 0 Å². The maximum atomic E-state index is 3.57. The minimum Gasteiger partial charge on any atom is -0.312 e. The van der Waals surface area contributed by atoms with Crippen LogP contribution in [0.3, 0.4) is 0 Å². The first-order valence-corrected chi connectivity index (χ1v) is 7.14. The first kappa shape index (κ1) is 16.9. The highest BCUT2D eigenvalue weighted by molar-refractivity contribution is 4.76. The van der Waals surface area contributed by atoms with Crippen LogP contribution in [0.15, 0.2) is 0 Å². The van der Waals surface area contributed by atoms with E-state index in [4.69, 9.17) is 0 Å². The third kappa shape index (κ3) is 8.62. The van der Waals surface area contributed by atoms with Crippen molar-refractivity contribution in [3.8, 4) is 0 Å². The molecule has 0 bridgehead atoms. The summed E-state index contributed by atoms with van der Waals surface area (Å²) in [6.07, 6.45) is 1.22. The molecule has 0 aliphatic rings. The first-order chi connectivity index (χ1) is 7.63. The molecule has 1 atom stereocenters. The molecule has 0 amide bonds. The third-order valence-corrected chi connectivity index (χ3v) is 3.02. The van der Waals surface area contributed by atoms with Crippen LogP contribution in [0.5, 0.6) is 0 Å². The first-order valence-electron chi connectivity index (χ1n) is 7.14. The van der Waals surface area contributed by atoms with Crippen molar-refractivity contribution in [2.75, 3.05) is 13.1 Å². The Kier molecular flexibility index (Phi) is 7.34. The lowest BCUT2D eigenvalue weighted by Crippen LogP contribution is -2.44. The summed E-state index contributed by atoms with van der Waals surface area (Å²) < 4.78 is 0. The molecule has 0 aliphatic heterocycles. The topological polar surface area (TPSA) is 15.3 Å². The van der Waals surface area contributed by atoms with Gasteiger partial charge in [-0.1, -0.05) is 13.8 Å². The Morgan fingerprint density at radius 2 is 1.53 bits per heavy atom. The van der Waals surface area contributed by atoms with E-state index in [1.54, 1.807) is 0 Å². The predicted octanol–water partition coefficient (Wildman–Crippen LogP) is 3.52. The van der Waals surface area contributed by atoms with Gasteiger partial charge in [-0.3, -0.25) is 4.90 Å². The van der Waals surface area contributed by atoms with Crippen LogP contribution in [0.1, 0.15) is 61.8 Å².